The Morgan fingerprint density at radius 1 is 1.00 bits per heavy atom. The van der Waals surface area contributed by atoms with Crippen molar-refractivity contribution in [1.82, 2.24) is 5.43 Å². The third-order valence-electron chi connectivity index (χ3n) is 3.85. The van der Waals surface area contributed by atoms with Gasteiger partial charge in [-0.1, -0.05) is 36.4 Å². The van der Waals surface area contributed by atoms with Crippen molar-refractivity contribution in [1.29, 1.82) is 0 Å². The average Bonchev–Trinajstić information content (AvgIpc) is 2.69. The number of phenols is 1. The highest BCUT2D eigenvalue weighted by Gasteiger charge is 2.06. The van der Waals surface area contributed by atoms with Crippen molar-refractivity contribution in [3.05, 3.63) is 83.9 Å². The van der Waals surface area contributed by atoms with Crippen LogP contribution in [0.25, 0.3) is 11.1 Å². The summed E-state index contributed by atoms with van der Waals surface area (Å²) in [5.41, 5.74) is 5.40. The molecule has 0 aliphatic carbocycles. The minimum absolute atomic E-state index is 0.104. The highest BCUT2D eigenvalue weighted by atomic mass is 16.5. The topological polar surface area (TPSA) is 70.9 Å². The first-order valence-corrected chi connectivity index (χ1v) is 8.03. The molecule has 3 rings (SSSR count). The van der Waals surface area contributed by atoms with Crippen LogP contribution in [0.15, 0.2) is 77.9 Å². The lowest BCUT2D eigenvalue weighted by atomic mass is 10.0. The lowest BCUT2D eigenvalue weighted by molar-refractivity contribution is 0.0955. The Labute approximate surface area is 151 Å². The molecule has 1 amide bonds. The largest absolute Gasteiger partial charge is 0.507 e. The molecule has 130 valence electrons. The molecule has 0 radical (unpaired) electrons. The van der Waals surface area contributed by atoms with Crippen LogP contribution in [0.3, 0.4) is 0 Å². The number of nitrogens with one attached hydrogen (secondary N) is 1. The number of carbonyl (C=O) groups excluding carboxylic acids is 1. The third kappa shape index (κ3) is 4.08. The summed E-state index contributed by atoms with van der Waals surface area (Å²) in [6, 6.07) is 21.7. The van der Waals surface area contributed by atoms with E-state index in [1.807, 2.05) is 36.4 Å². The van der Waals surface area contributed by atoms with Crippen LogP contribution in [-0.4, -0.2) is 24.3 Å². The van der Waals surface area contributed by atoms with Crippen molar-refractivity contribution in [3.63, 3.8) is 0 Å². The van der Waals surface area contributed by atoms with Gasteiger partial charge in [0.05, 0.1) is 13.3 Å². The quantitative estimate of drug-likeness (QED) is 0.545. The first-order valence-electron chi connectivity index (χ1n) is 8.03. The van der Waals surface area contributed by atoms with Gasteiger partial charge in [-0.25, -0.2) is 5.43 Å². The maximum atomic E-state index is 12.3. The Balaban J connectivity index is 1.72. The van der Waals surface area contributed by atoms with Gasteiger partial charge in [0.2, 0.25) is 0 Å². The molecule has 3 aromatic rings. The highest BCUT2D eigenvalue weighted by Crippen LogP contribution is 2.23. The zero-order valence-corrected chi connectivity index (χ0v) is 14.2. The molecule has 0 aromatic heterocycles. The van der Waals surface area contributed by atoms with Gasteiger partial charge in [-0.05, 0) is 47.5 Å². The molecule has 0 saturated carbocycles. The molecule has 0 spiro atoms. The summed E-state index contributed by atoms with van der Waals surface area (Å²) in [7, 11) is 1.62. The summed E-state index contributed by atoms with van der Waals surface area (Å²) in [6.45, 7) is 0. The molecule has 5 nitrogen and oxygen atoms in total. The van der Waals surface area contributed by atoms with Gasteiger partial charge in [-0.3, -0.25) is 4.79 Å². The van der Waals surface area contributed by atoms with E-state index in [1.165, 1.54) is 6.21 Å². The Bertz CT molecular complexity index is 934. The molecular weight excluding hydrogens is 328 g/mol. The van der Waals surface area contributed by atoms with E-state index in [0.29, 0.717) is 11.1 Å². The van der Waals surface area contributed by atoms with E-state index < -0.39 is 0 Å². The van der Waals surface area contributed by atoms with E-state index in [4.69, 9.17) is 4.74 Å². The number of amides is 1. The average molecular weight is 346 g/mol. The summed E-state index contributed by atoms with van der Waals surface area (Å²) in [6.07, 6.45) is 1.40. The second-order valence-electron chi connectivity index (χ2n) is 5.57. The predicted octanol–water partition coefficient (Wildman–Crippen LogP) is 3.83. The monoisotopic (exact) mass is 346 g/mol. The van der Waals surface area contributed by atoms with Gasteiger partial charge in [-0.15, -0.1) is 0 Å². The second kappa shape index (κ2) is 7.98. The number of nitrogens with zero attached hydrogens (tertiary/aromatic N) is 1. The molecule has 2 N–H and O–H groups in total. The van der Waals surface area contributed by atoms with Gasteiger partial charge < -0.3 is 9.84 Å². The van der Waals surface area contributed by atoms with Crippen molar-refractivity contribution in [2.24, 2.45) is 5.10 Å². The molecule has 0 aliphatic heterocycles. The van der Waals surface area contributed by atoms with Crippen LogP contribution in [-0.2, 0) is 0 Å². The van der Waals surface area contributed by atoms with Crippen molar-refractivity contribution < 1.29 is 14.6 Å². The molecule has 0 unspecified atom stereocenters. The fourth-order valence-corrected chi connectivity index (χ4v) is 2.45. The van der Waals surface area contributed by atoms with Gasteiger partial charge in [-0.2, -0.15) is 5.10 Å². The van der Waals surface area contributed by atoms with E-state index in [-0.39, 0.29) is 11.7 Å². The minimum atomic E-state index is -0.327. The minimum Gasteiger partial charge on any atom is -0.507 e. The number of benzene rings is 3. The molecule has 3 aromatic carbocycles. The van der Waals surface area contributed by atoms with Crippen LogP contribution in [0.4, 0.5) is 0 Å². The number of aromatic hydroxyl groups is 1. The fourth-order valence-electron chi connectivity index (χ4n) is 2.45. The van der Waals surface area contributed by atoms with Gasteiger partial charge in [0.1, 0.15) is 11.5 Å². The number of ether oxygens (including phenoxy) is 1. The van der Waals surface area contributed by atoms with Crippen molar-refractivity contribution in [2.75, 3.05) is 7.11 Å². The van der Waals surface area contributed by atoms with Crippen LogP contribution in [0.1, 0.15) is 15.9 Å². The Morgan fingerprint density at radius 2 is 1.77 bits per heavy atom. The Kier molecular flexibility index (Phi) is 5.29. The van der Waals surface area contributed by atoms with Crippen LogP contribution < -0.4 is 10.2 Å². The maximum absolute atomic E-state index is 12.3. The Hall–Kier alpha value is -3.60. The second-order valence-corrected chi connectivity index (χ2v) is 5.57. The highest BCUT2D eigenvalue weighted by molar-refractivity contribution is 5.96. The first-order chi connectivity index (χ1) is 12.7. The summed E-state index contributed by atoms with van der Waals surface area (Å²) in [4.78, 5) is 12.3. The smallest absolute Gasteiger partial charge is 0.271 e. The standard InChI is InChI=1S/C21H18N2O3/c1-26-19-11-9-15(10-12-19)16-6-4-7-17(13-16)21(25)23-22-14-18-5-2-3-8-20(18)24/h2-14,24H,1H3,(H,23,25)/b22-14+. The molecule has 26 heavy (non-hydrogen) atoms. The van der Waals surface area contributed by atoms with E-state index in [0.717, 1.165) is 16.9 Å². The number of rotatable bonds is 5. The van der Waals surface area contributed by atoms with Crippen molar-refractivity contribution >= 4 is 12.1 Å². The number of phenolic OH excluding ortho intramolecular Hbond substituents is 1. The number of methoxy groups -OCH3 is 1. The summed E-state index contributed by atoms with van der Waals surface area (Å²) < 4.78 is 5.16. The van der Waals surface area contributed by atoms with Gasteiger partial charge >= 0.3 is 0 Å². The Morgan fingerprint density at radius 3 is 2.50 bits per heavy atom. The summed E-state index contributed by atoms with van der Waals surface area (Å²) >= 11 is 0. The van der Waals surface area contributed by atoms with Crippen molar-refractivity contribution in [3.8, 4) is 22.6 Å². The molecule has 0 fully saturated rings. The lowest BCUT2D eigenvalue weighted by Gasteiger charge is -2.06. The SMILES string of the molecule is COc1ccc(-c2cccc(C(=O)N/N=C/c3ccccc3O)c2)cc1. The van der Waals surface area contributed by atoms with E-state index in [9.17, 15) is 9.90 Å². The number of carbonyl (C=O) groups is 1. The van der Waals surface area contributed by atoms with Crippen LogP contribution in [0.5, 0.6) is 11.5 Å². The van der Waals surface area contributed by atoms with Crippen LogP contribution in [0, 0.1) is 0 Å². The van der Waals surface area contributed by atoms with Gasteiger partial charge in [0.15, 0.2) is 0 Å². The zero-order chi connectivity index (χ0) is 18.4. The van der Waals surface area contributed by atoms with Gasteiger partial charge in [0, 0.05) is 11.1 Å². The first kappa shape index (κ1) is 17.2. The molecule has 0 saturated heterocycles. The van der Waals surface area contributed by atoms with E-state index in [2.05, 4.69) is 10.5 Å². The molecule has 0 bridgehead atoms. The van der Waals surface area contributed by atoms with Gasteiger partial charge in [0.25, 0.3) is 5.91 Å². The molecule has 0 atom stereocenters. The number of hydrogen-bond donors (Lipinski definition) is 2. The third-order valence-corrected chi connectivity index (χ3v) is 3.85. The van der Waals surface area contributed by atoms with Crippen LogP contribution >= 0.6 is 0 Å². The van der Waals surface area contributed by atoms with E-state index >= 15 is 0 Å². The van der Waals surface area contributed by atoms with E-state index in [1.54, 1.807) is 43.5 Å². The van der Waals surface area contributed by atoms with Crippen LogP contribution in [0.2, 0.25) is 0 Å². The number of para-hydroxylation sites is 1. The molecule has 0 heterocycles. The normalized spacial score (nSPS) is 10.7. The molecular formula is C21H18N2O3. The zero-order valence-electron chi connectivity index (χ0n) is 14.2. The summed E-state index contributed by atoms with van der Waals surface area (Å²) in [5, 5.41) is 13.6. The maximum Gasteiger partial charge on any atom is 0.271 e. The van der Waals surface area contributed by atoms with Crippen molar-refractivity contribution in [2.45, 2.75) is 0 Å². The lowest BCUT2D eigenvalue weighted by Crippen LogP contribution is -2.17. The fraction of sp³-hybridized carbons (Fsp3) is 0.0476. The summed E-state index contributed by atoms with van der Waals surface area (Å²) in [5.74, 6) is 0.556. The predicted molar refractivity (Wildman–Crippen MR) is 102 cm³/mol. The molecule has 5 heteroatoms. The number of hydrogen-bond acceptors (Lipinski definition) is 4. The number of hydrazone groups is 1. The molecule has 0 aliphatic rings.